The Morgan fingerprint density at radius 3 is 1.75 bits per heavy atom. The van der Waals surface area contributed by atoms with Crippen molar-refractivity contribution >= 4 is 95.3 Å². The van der Waals surface area contributed by atoms with Crippen LogP contribution >= 0.6 is 25.3 Å². The number of nitrogens with zero attached hydrogens (tertiary/aromatic N) is 2. The number of carbonyl (C=O) groups excluding carboxylic acids is 9. The summed E-state index contributed by atoms with van der Waals surface area (Å²) in [6.07, 6.45) is 5.98. The molecule has 26 heteroatoms. The van der Waals surface area contributed by atoms with Gasteiger partial charge >= 0.3 is 0 Å². The van der Waals surface area contributed by atoms with Crippen LogP contribution in [0.25, 0.3) is 10.9 Å². The minimum absolute atomic E-state index is 0.0570. The SMILES string of the molecule is CCCC[C@H](NC(C)=O)C(=O)N[C@@H](CS)C(=O)NC(C)(C)C(=O)N[C@@H](Cc1cnc[nH]1)C(=O)N[C@H](Cc1ccccc1)C(=O)N[C@@H](CCCN=C(N)N)C(=O)N[C@@H](Cc1c[nH]c2ccccc12)C(=O)N[C@H](CS)C(N)=O. The number of hydrogen-bond donors (Lipinski definition) is 15. The summed E-state index contributed by atoms with van der Waals surface area (Å²) < 4.78 is 0. The number of thiol groups is 2. The molecule has 0 aliphatic heterocycles. The number of primary amides is 1. The van der Waals surface area contributed by atoms with Gasteiger partial charge < -0.3 is 69.7 Å². The third-order valence-corrected chi connectivity index (χ3v) is 12.8. The Morgan fingerprint density at radius 2 is 1.17 bits per heavy atom. The van der Waals surface area contributed by atoms with Crippen LogP contribution in [-0.2, 0) is 62.4 Å². The van der Waals surface area contributed by atoms with Crippen LogP contribution in [0.4, 0.5) is 0 Å². The minimum Gasteiger partial charge on any atom is -0.370 e. The molecule has 9 amide bonds. The van der Waals surface area contributed by atoms with Crippen LogP contribution in [0.5, 0.6) is 0 Å². The molecular weight excluding hydrogens is 1020 g/mol. The number of nitrogens with one attached hydrogen (secondary N) is 10. The zero-order valence-electron chi connectivity index (χ0n) is 42.9. The van der Waals surface area contributed by atoms with Gasteiger partial charge in [0, 0.05) is 73.2 Å². The Hall–Kier alpha value is -7.61. The minimum atomic E-state index is -1.72. The highest BCUT2D eigenvalue weighted by atomic mass is 32.1. The van der Waals surface area contributed by atoms with Gasteiger partial charge in [-0.05, 0) is 50.3 Å². The van der Waals surface area contributed by atoms with Gasteiger partial charge in [-0.3, -0.25) is 48.1 Å². The van der Waals surface area contributed by atoms with Crippen molar-refractivity contribution in [2.24, 2.45) is 22.2 Å². The third kappa shape index (κ3) is 19.3. The zero-order chi connectivity index (χ0) is 56.0. The first-order valence-corrected chi connectivity index (χ1v) is 26.0. The Balaban J connectivity index is 1.62. The molecule has 76 heavy (non-hydrogen) atoms. The van der Waals surface area contributed by atoms with Gasteiger partial charge in [0.2, 0.25) is 53.2 Å². The molecule has 0 fully saturated rings. The number of benzene rings is 2. The number of aliphatic imine (C=N–C) groups is 1. The van der Waals surface area contributed by atoms with Crippen molar-refractivity contribution in [2.75, 3.05) is 18.1 Å². The molecule has 0 aliphatic carbocycles. The summed E-state index contributed by atoms with van der Waals surface area (Å²) in [5.41, 5.74) is 17.4. The van der Waals surface area contributed by atoms with E-state index in [-0.39, 0.29) is 56.1 Å². The highest BCUT2D eigenvalue weighted by molar-refractivity contribution is 7.80. The maximum Gasteiger partial charge on any atom is 0.245 e. The second-order valence-corrected chi connectivity index (χ2v) is 19.3. The zero-order valence-corrected chi connectivity index (χ0v) is 44.7. The van der Waals surface area contributed by atoms with E-state index < -0.39 is 101 Å². The number of guanidine groups is 1. The molecule has 7 atom stereocenters. The van der Waals surface area contributed by atoms with Crippen molar-refractivity contribution in [1.82, 2.24) is 57.5 Å². The van der Waals surface area contributed by atoms with Crippen LogP contribution in [0, 0.1) is 0 Å². The predicted octanol–water partition coefficient (Wildman–Crippen LogP) is -1.18. The summed E-state index contributed by atoms with van der Waals surface area (Å²) in [5.74, 6) is -7.22. The summed E-state index contributed by atoms with van der Waals surface area (Å²) in [6.45, 7) is 6.03. The lowest BCUT2D eigenvalue weighted by molar-refractivity contribution is -0.137. The lowest BCUT2D eigenvalue weighted by Gasteiger charge is -2.31. The van der Waals surface area contributed by atoms with E-state index in [1.54, 1.807) is 36.5 Å². The summed E-state index contributed by atoms with van der Waals surface area (Å²) in [5, 5.41) is 22.1. The number of carbonyl (C=O) groups is 9. The molecule has 0 aliphatic rings. The highest BCUT2D eigenvalue weighted by Crippen LogP contribution is 2.20. The molecule has 2 aromatic carbocycles. The van der Waals surface area contributed by atoms with Gasteiger partial charge in [-0.1, -0.05) is 68.3 Å². The Labute approximate surface area is 451 Å². The van der Waals surface area contributed by atoms with Crippen molar-refractivity contribution in [3.63, 3.8) is 0 Å². The summed E-state index contributed by atoms with van der Waals surface area (Å²) >= 11 is 8.41. The molecule has 4 aromatic rings. The summed E-state index contributed by atoms with van der Waals surface area (Å²) in [4.78, 5) is 137. The summed E-state index contributed by atoms with van der Waals surface area (Å²) in [6, 6.07) is 7.19. The average Bonchev–Trinajstić information content (AvgIpc) is 4.06. The van der Waals surface area contributed by atoms with Crippen molar-refractivity contribution in [3.8, 4) is 0 Å². The molecule has 4 rings (SSSR count). The number of imidazole rings is 1. The lowest BCUT2D eigenvalue weighted by atomic mass is 10.0. The molecule has 0 radical (unpaired) electrons. The van der Waals surface area contributed by atoms with Gasteiger partial charge in [0.25, 0.3) is 0 Å². The maximum atomic E-state index is 14.7. The number of fused-ring (bicyclic) bond motifs is 1. The highest BCUT2D eigenvalue weighted by Gasteiger charge is 2.38. The van der Waals surface area contributed by atoms with Crippen molar-refractivity contribution in [1.29, 1.82) is 0 Å². The van der Waals surface area contributed by atoms with Crippen molar-refractivity contribution < 1.29 is 43.2 Å². The number of nitrogens with two attached hydrogens (primary N) is 3. The number of aromatic amines is 2. The Morgan fingerprint density at radius 1 is 0.632 bits per heavy atom. The number of para-hydroxylation sites is 1. The fourth-order valence-corrected chi connectivity index (χ4v) is 8.39. The first kappa shape index (κ1) is 60.9. The molecule has 2 aromatic heterocycles. The van der Waals surface area contributed by atoms with E-state index in [2.05, 4.69) is 87.7 Å². The van der Waals surface area contributed by atoms with E-state index in [9.17, 15) is 43.2 Å². The second kappa shape index (κ2) is 30.1. The van der Waals surface area contributed by atoms with Gasteiger partial charge in [-0.2, -0.15) is 25.3 Å². The first-order valence-electron chi connectivity index (χ1n) is 24.7. The van der Waals surface area contributed by atoms with E-state index in [0.29, 0.717) is 29.7 Å². The van der Waals surface area contributed by atoms with Gasteiger partial charge in [-0.25, -0.2) is 4.98 Å². The Bertz CT molecular complexity index is 2650. The van der Waals surface area contributed by atoms with E-state index >= 15 is 0 Å². The van der Waals surface area contributed by atoms with Crippen LogP contribution in [0.15, 0.2) is 78.3 Å². The number of H-pyrrole nitrogens is 2. The lowest BCUT2D eigenvalue weighted by Crippen LogP contribution is -2.63. The second-order valence-electron chi connectivity index (χ2n) is 18.6. The van der Waals surface area contributed by atoms with Crippen LogP contribution in [-0.4, -0.2) is 140 Å². The van der Waals surface area contributed by atoms with Crippen molar-refractivity contribution in [2.45, 2.75) is 127 Å². The third-order valence-electron chi connectivity index (χ3n) is 12.0. The van der Waals surface area contributed by atoms with Gasteiger partial charge in [0.1, 0.15) is 47.8 Å². The van der Waals surface area contributed by atoms with Crippen LogP contribution in [0.3, 0.4) is 0 Å². The number of hydrogen-bond acceptors (Lipinski definition) is 13. The molecule has 0 unspecified atom stereocenters. The molecule has 0 saturated heterocycles. The van der Waals surface area contributed by atoms with E-state index in [1.807, 2.05) is 31.2 Å². The molecule has 16 N–H and O–H groups in total. The fourth-order valence-electron chi connectivity index (χ4n) is 7.86. The largest absolute Gasteiger partial charge is 0.370 e. The molecule has 2 heterocycles. The molecule has 0 saturated carbocycles. The van der Waals surface area contributed by atoms with Crippen LogP contribution in [0.2, 0.25) is 0 Å². The number of rotatable bonds is 31. The monoisotopic (exact) mass is 1090 g/mol. The molecule has 0 bridgehead atoms. The Kier molecular flexibility index (Phi) is 24.1. The smallest absolute Gasteiger partial charge is 0.245 e. The molecule has 24 nitrogen and oxygen atoms in total. The van der Waals surface area contributed by atoms with E-state index in [0.717, 1.165) is 17.3 Å². The van der Waals surface area contributed by atoms with Crippen molar-refractivity contribution in [3.05, 3.63) is 90.1 Å². The predicted molar refractivity (Wildman–Crippen MR) is 292 cm³/mol. The first-order chi connectivity index (χ1) is 36.1. The van der Waals surface area contributed by atoms with Crippen LogP contribution in [0.1, 0.15) is 76.6 Å². The van der Waals surface area contributed by atoms with E-state index in [4.69, 9.17) is 17.2 Å². The standard InChI is InChI=1S/C50H71N15O9S2/c1-5-6-16-34(58-28(2)66)42(68)63-40(26-76)47(73)65-50(3,4)48(74)64-38(22-31-24-54-27-57-31)46(72)60-36(20-29-13-8-7-9-14-29)44(70)59-35(18-12-19-55-49(52)53)43(69)61-37(45(71)62-39(25-75)41(51)67)21-30-23-56-33-17-11-10-15-32(30)33/h7-11,13-15,17,23-24,27,34-40,56,75-76H,5-6,12,16,18-22,25-26H2,1-4H3,(H2,51,67)(H,54,57)(H,58,66)(H,59,70)(H,60,72)(H,61,69)(H,62,71)(H,63,68)(H,64,74)(H,65,73)(H4,52,53,55)/t34-,35-,36+,37-,38-,39+,40-/m0/s1. The molecular formula is C50H71N15O9S2. The quantitative estimate of drug-likeness (QED) is 0.0123. The molecule has 412 valence electrons. The molecule has 0 spiro atoms. The fraction of sp³-hybridized carbons (Fsp3) is 0.460. The van der Waals surface area contributed by atoms with Gasteiger partial charge in [0.05, 0.1) is 6.33 Å². The topological polar surface area (TPSA) is 385 Å². The average molecular weight is 1090 g/mol. The van der Waals surface area contributed by atoms with Gasteiger partial charge in [-0.15, -0.1) is 0 Å². The van der Waals surface area contributed by atoms with E-state index in [1.165, 1.54) is 33.3 Å². The van der Waals surface area contributed by atoms with Gasteiger partial charge in [0.15, 0.2) is 5.96 Å². The number of aromatic nitrogens is 3. The van der Waals surface area contributed by atoms with Crippen LogP contribution < -0.4 is 59.7 Å². The summed E-state index contributed by atoms with van der Waals surface area (Å²) in [7, 11) is 0. The normalized spacial score (nSPS) is 14.0. The maximum absolute atomic E-state index is 14.7. The number of unbranched alkanes of at least 4 members (excludes halogenated alkanes) is 1. The number of amides is 9.